The van der Waals surface area contributed by atoms with Gasteiger partial charge in [-0.05, 0) is 38.0 Å². The molecule has 2 saturated carbocycles. The van der Waals surface area contributed by atoms with Gasteiger partial charge >= 0.3 is 6.09 Å². The summed E-state index contributed by atoms with van der Waals surface area (Å²) in [6, 6.07) is -0.349. The summed E-state index contributed by atoms with van der Waals surface area (Å²) >= 11 is 1.08. The van der Waals surface area contributed by atoms with E-state index in [0.29, 0.717) is 31.1 Å². The highest BCUT2D eigenvalue weighted by Gasteiger charge is 2.42. The predicted molar refractivity (Wildman–Crippen MR) is 126 cm³/mol. The van der Waals surface area contributed by atoms with E-state index in [1.165, 1.54) is 12.8 Å². The van der Waals surface area contributed by atoms with E-state index >= 15 is 0 Å². The lowest BCUT2D eigenvalue weighted by Crippen LogP contribution is -2.62. The average molecular weight is 470 g/mol. The number of ketones is 1. The molecule has 0 spiro atoms. The second kappa shape index (κ2) is 13.8. The Kier molecular flexibility index (Phi) is 11.5. The van der Waals surface area contributed by atoms with Crippen LogP contribution in [-0.4, -0.2) is 59.9 Å². The minimum absolute atomic E-state index is 0.0925. The molecule has 2 fully saturated rings. The zero-order valence-electron chi connectivity index (χ0n) is 19.5. The fourth-order valence-corrected chi connectivity index (χ4v) is 4.85. The molecule has 1 atom stereocenters. The fraction of sp³-hybridized carbons (Fsp3) is 0.826. The van der Waals surface area contributed by atoms with Crippen LogP contribution in [0.2, 0.25) is 0 Å². The van der Waals surface area contributed by atoms with Crippen molar-refractivity contribution in [3.63, 3.8) is 0 Å². The quantitative estimate of drug-likeness (QED) is 0.281. The Morgan fingerprint density at radius 3 is 2.41 bits per heavy atom. The minimum atomic E-state index is -1.07. The number of hydrogen-bond acceptors (Lipinski definition) is 7. The number of carbonyl (C=O) groups excluding carboxylic acids is 4. The number of nitrogens with one attached hydrogen (secondary N) is 3. The summed E-state index contributed by atoms with van der Waals surface area (Å²) < 4.78 is 5.26. The van der Waals surface area contributed by atoms with Gasteiger partial charge in [0.2, 0.25) is 5.91 Å². The van der Waals surface area contributed by atoms with Crippen LogP contribution in [0.15, 0.2) is 0 Å². The van der Waals surface area contributed by atoms with Crippen molar-refractivity contribution >= 4 is 35.2 Å². The second-order valence-corrected chi connectivity index (χ2v) is 10.3. The summed E-state index contributed by atoms with van der Waals surface area (Å²) in [5.41, 5.74) is -0.323. The molecular weight excluding hydrogens is 430 g/mol. The maximum atomic E-state index is 13.4. The zero-order chi connectivity index (χ0) is 23.4. The highest BCUT2D eigenvalue weighted by Crippen LogP contribution is 2.29. The van der Waals surface area contributed by atoms with Gasteiger partial charge < -0.3 is 20.7 Å². The van der Waals surface area contributed by atoms with Crippen molar-refractivity contribution in [3.8, 4) is 0 Å². The second-order valence-electron chi connectivity index (χ2n) is 9.37. The standard InChI is InChI=1S/C23H39N3O5S/c1-17(2)15-31-22(30)26-23(11-6-3-7-12-23)21(29)25-19(10-13-32-16-27)20(28)14-24-18-8-4-5-9-18/h16-19,24H,3-15H2,1-2H3,(H,25,29)(H,26,30)/t19-/m0/s1. The molecule has 2 aliphatic carbocycles. The Labute approximate surface area is 195 Å². The molecule has 2 amide bonds. The number of hydrogen-bond donors (Lipinski definition) is 3. The van der Waals surface area contributed by atoms with E-state index in [9.17, 15) is 19.2 Å². The zero-order valence-corrected chi connectivity index (χ0v) is 20.3. The van der Waals surface area contributed by atoms with Crippen LogP contribution >= 0.6 is 11.8 Å². The maximum absolute atomic E-state index is 13.4. The minimum Gasteiger partial charge on any atom is -0.449 e. The Morgan fingerprint density at radius 2 is 1.78 bits per heavy atom. The largest absolute Gasteiger partial charge is 0.449 e. The summed E-state index contributed by atoms with van der Waals surface area (Å²) in [6.07, 6.45) is 7.91. The Morgan fingerprint density at radius 1 is 1.09 bits per heavy atom. The average Bonchev–Trinajstić information content (AvgIpc) is 3.29. The third kappa shape index (κ3) is 8.73. The summed E-state index contributed by atoms with van der Waals surface area (Å²) in [6.45, 7) is 4.37. The van der Waals surface area contributed by atoms with Gasteiger partial charge in [-0.15, -0.1) is 0 Å². The van der Waals surface area contributed by atoms with Gasteiger partial charge in [0.05, 0.1) is 19.2 Å². The van der Waals surface area contributed by atoms with E-state index in [1.807, 2.05) is 13.8 Å². The van der Waals surface area contributed by atoms with E-state index in [-0.39, 0.29) is 30.8 Å². The van der Waals surface area contributed by atoms with Crippen molar-refractivity contribution < 1.29 is 23.9 Å². The number of alkyl carbamates (subject to hydrolysis) is 1. The van der Waals surface area contributed by atoms with Crippen molar-refractivity contribution in [2.45, 2.75) is 95.7 Å². The molecule has 0 radical (unpaired) electrons. The molecule has 0 saturated heterocycles. The number of amides is 2. The molecule has 0 aliphatic heterocycles. The van der Waals surface area contributed by atoms with Gasteiger partial charge in [-0.3, -0.25) is 14.4 Å². The number of rotatable bonds is 13. The normalized spacial score (nSPS) is 19.3. The molecule has 2 rings (SSSR count). The van der Waals surface area contributed by atoms with E-state index in [2.05, 4.69) is 16.0 Å². The molecular formula is C23H39N3O5S. The maximum Gasteiger partial charge on any atom is 0.408 e. The summed E-state index contributed by atoms with van der Waals surface area (Å²) in [5, 5.41) is 9.03. The van der Waals surface area contributed by atoms with Gasteiger partial charge in [0.15, 0.2) is 11.4 Å². The van der Waals surface area contributed by atoms with E-state index in [0.717, 1.165) is 49.5 Å². The molecule has 0 unspecified atom stereocenters. The first kappa shape index (κ1) is 26.6. The van der Waals surface area contributed by atoms with Gasteiger partial charge in [-0.25, -0.2) is 4.79 Å². The van der Waals surface area contributed by atoms with Crippen LogP contribution in [0.25, 0.3) is 0 Å². The SMILES string of the molecule is CC(C)COC(=O)NC1(C(=O)N[C@@H](CCSC=O)C(=O)CNC2CCCC2)CCCCC1. The topological polar surface area (TPSA) is 114 Å². The third-order valence-electron chi connectivity index (χ3n) is 6.24. The van der Waals surface area contributed by atoms with Crippen molar-refractivity contribution in [2.75, 3.05) is 18.9 Å². The number of thioether (sulfide) groups is 1. The van der Waals surface area contributed by atoms with Crippen molar-refractivity contribution in [1.82, 2.24) is 16.0 Å². The lowest BCUT2D eigenvalue weighted by Gasteiger charge is -2.37. The molecule has 9 heteroatoms. The molecule has 0 aromatic rings. The van der Waals surface area contributed by atoms with Gasteiger partial charge in [0.25, 0.3) is 0 Å². The number of ether oxygens (including phenoxy) is 1. The first-order chi connectivity index (χ1) is 15.4. The number of carbonyl (C=O) groups is 4. The van der Waals surface area contributed by atoms with E-state index < -0.39 is 17.7 Å². The van der Waals surface area contributed by atoms with Crippen LogP contribution in [0.4, 0.5) is 4.79 Å². The molecule has 0 bridgehead atoms. The molecule has 0 heterocycles. The Balaban J connectivity index is 2.03. The van der Waals surface area contributed by atoms with Crippen molar-refractivity contribution in [2.24, 2.45) is 5.92 Å². The van der Waals surface area contributed by atoms with Gasteiger partial charge in [-0.2, -0.15) is 0 Å². The summed E-state index contributed by atoms with van der Waals surface area (Å²) in [5.74, 6) is 0.209. The summed E-state index contributed by atoms with van der Waals surface area (Å²) in [7, 11) is 0. The molecule has 182 valence electrons. The first-order valence-corrected chi connectivity index (χ1v) is 13.0. The lowest BCUT2D eigenvalue weighted by atomic mass is 9.80. The molecule has 0 aromatic carbocycles. The van der Waals surface area contributed by atoms with Crippen LogP contribution in [0.1, 0.15) is 78.1 Å². The van der Waals surface area contributed by atoms with Crippen molar-refractivity contribution in [3.05, 3.63) is 0 Å². The van der Waals surface area contributed by atoms with Crippen molar-refractivity contribution in [1.29, 1.82) is 0 Å². The number of Topliss-reactive ketones (excluding diaryl/α,β-unsaturated/α-hetero) is 1. The van der Waals surface area contributed by atoms with Crippen LogP contribution in [-0.2, 0) is 19.1 Å². The Bertz CT molecular complexity index is 631. The summed E-state index contributed by atoms with van der Waals surface area (Å²) in [4.78, 5) is 49.4. The molecule has 32 heavy (non-hydrogen) atoms. The third-order valence-corrected chi connectivity index (χ3v) is 6.84. The van der Waals surface area contributed by atoms with E-state index in [1.54, 1.807) is 0 Å². The first-order valence-electron chi connectivity index (χ1n) is 11.9. The van der Waals surface area contributed by atoms with E-state index in [4.69, 9.17) is 4.74 Å². The van der Waals surface area contributed by atoms with Crippen LogP contribution in [0, 0.1) is 5.92 Å². The smallest absolute Gasteiger partial charge is 0.408 e. The predicted octanol–water partition coefficient (Wildman–Crippen LogP) is 2.97. The van der Waals surface area contributed by atoms with Crippen LogP contribution in [0.3, 0.4) is 0 Å². The lowest BCUT2D eigenvalue weighted by molar-refractivity contribution is -0.133. The highest BCUT2D eigenvalue weighted by atomic mass is 32.2. The molecule has 2 aliphatic rings. The van der Waals surface area contributed by atoms with Crippen LogP contribution in [0.5, 0.6) is 0 Å². The van der Waals surface area contributed by atoms with Gasteiger partial charge in [-0.1, -0.05) is 57.7 Å². The molecule has 0 aromatic heterocycles. The fourth-order valence-electron chi connectivity index (χ4n) is 4.38. The molecule has 3 N–H and O–H groups in total. The molecule has 8 nitrogen and oxygen atoms in total. The van der Waals surface area contributed by atoms with Gasteiger partial charge in [0.1, 0.15) is 5.54 Å². The van der Waals surface area contributed by atoms with Gasteiger partial charge in [0, 0.05) is 11.8 Å². The Hall–Kier alpha value is -1.61. The monoisotopic (exact) mass is 469 g/mol. The van der Waals surface area contributed by atoms with Crippen LogP contribution < -0.4 is 16.0 Å². The highest BCUT2D eigenvalue weighted by molar-refractivity contribution is 8.11.